The fraction of sp³-hybridized carbons (Fsp3) is 0.125. The second kappa shape index (κ2) is 4.46. The molecule has 0 aliphatic rings. The van der Waals surface area contributed by atoms with Gasteiger partial charge in [0.1, 0.15) is 0 Å². The molecular weight excluding hydrogens is 330 g/mol. The predicted octanol–water partition coefficient (Wildman–Crippen LogP) is 3.61. The van der Waals surface area contributed by atoms with Crippen LogP contribution in [0.4, 0.5) is 5.69 Å². The van der Waals surface area contributed by atoms with Crippen LogP contribution in [-0.4, -0.2) is 10.2 Å². The summed E-state index contributed by atoms with van der Waals surface area (Å²) in [6.07, 6.45) is 3.59. The number of thiophene rings is 1. The van der Waals surface area contributed by atoms with Crippen LogP contribution in [0.1, 0.15) is 4.88 Å². The molecular formula is C8H7Br2N3S. The first-order valence-corrected chi connectivity index (χ1v) is 6.32. The minimum atomic E-state index is 0.814. The maximum absolute atomic E-state index is 3.85. The van der Waals surface area contributed by atoms with Gasteiger partial charge in [-0.2, -0.15) is 5.10 Å². The molecule has 2 aromatic rings. The molecule has 0 saturated heterocycles. The highest BCUT2D eigenvalue weighted by molar-refractivity contribution is 9.13. The minimum absolute atomic E-state index is 0.814. The largest absolute Gasteiger partial charge is 0.378 e. The quantitative estimate of drug-likeness (QED) is 0.898. The molecule has 0 aliphatic heterocycles. The van der Waals surface area contributed by atoms with Gasteiger partial charge in [-0.1, -0.05) is 0 Å². The maximum Gasteiger partial charge on any atom is 0.0843 e. The van der Waals surface area contributed by atoms with Crippen molar-refractivity contribution in [1.29, 1.82) is 0 Å². The zero-order valence-corrected chi connectivity index (χ0v) is 11.0. The average molecular weight is 337 g/mol. The fourth-order valence-electron chi connectivity index (χ4n) is 1.02. The van der Waals surface area contributed by atoms with E-state index in [9.17, 15) is 0 Å². The van der Waals surface area contributed by atoms with Crippen molar-refractivity contribution in [2.24, 2.45) is 0 Å². The van der Waals surface area contributed by atoms with Gasteiger partial charge >= 0.3 is 0 Å². The van der Waals surface area contributed by atoms with Crippen molar-refractivity contribution in [3.8, 4) is 0 Å². The van der Waals surface area contributed by atoms with Gasteiger partial charge in [0.2, 0.25) is 0 Å². The van der Waals surface area contributed by atoms with Crippen LogP contribution in [-0.2, 0) is 6.54 Å². The Morgan fingerprint density at radius 3 is 2.93 bits per heavy atom. The Morgan fingerprint density at radius 2 is 2.36 bits per heavy atom. The topological polar surface area (TPSA) is 40.7 Å². The summed E-state index contributed by atoms with van der Waals surface area (Å²) in [5.41, 5.74) is 1.01. The highest BCUT2D eigenvalue weighted by Crippen LogP contribution is 2.32. The van der Waals surface area contributed by atoms with Crippen molar-refractivity contribution in [3.63, 3.8) is 0 Å². The van der Waals surface area contributed by atoms with Gasteiger partial charge in [-0.25, -0.2) is 0 Å². The summed E-state index contributed by atoms with van der Waals surface area (Å²) < 4.78 is 2.23. The Bertz CT molecular complexity index is 391. The number of hydrogen-bond acceptors (Lipinski definition) is 3. The average Bonchev–Trinajstić information content (AvgIpc) is 2.74. The molecule has 6 heteroatoms. The summed E-state index contributed by atoms with van der Waals surface area (Å²) in [5, 5.41) is 9.87. The summed E-state index contributed by atoms with van der Waals surface area (Å²) >= 11 is 8.63. The van der Waals surface area contributed by atoms with Gasteiger partial charge in [0.15, 0.2) is 0 Å². The lowest BCUT2D eigenvalue weighted by Gasteiger charge is -1.98. The molecule has 2 rings (SSSR count). The predicted molar refractivity (Wildman–Crippen MR) is 65.6 cm³/mol. The molecule has 2 heterocycles. The smallest absolute Gasteiger partial charge is 0.0843 e. The summed E-state index contributed by atoms with van der Waals surface area (Å²) in [6.45, 7) is 0.814. The number of rotatable bonds is 3. The van der Waals surface area contributed by atoms with Crippen molar-refractivity contribution < 1.29 is 0 Å². The van der Waals surface area contributed by atoms with E-state index >= 15 is 0 Å². The normalized spacial score (nSPS) is 10.4. The van der Waals surface area contributed by atoms with Crippen LogP contribution in [0.2, 0.25) is 0 Å². The van der Waals surface area contributed by atoms with E-state index in [2.05, 4.69) is 53.4 Å². The Morgan fingerprint density at radius 1 is 1.50 bits per heavy atom. The molecule has 74 valence electrons. The van der Waals surface area contributed by atoms with E-state index in [0.29, 0.717) is 0 Å². The molecule has 2 N–H and O–H groups in total. The van der Waals surface area contributed by atoms with E-state index in [1.807, 2.05) is 6.20 Å². The third kappa shape index (κ3) is 2.37. The Labute approximate surface area is 102 Å². The molecule has 0 bridgehead atoms. The van der Waals surface area contributed by atoms with Crippen LogP contribution < -0.4 is 5.32 Å². The Balaban J connectivity index is 1.98. The first-order chi connectivity index (χ1) is 6.75. The monoisotopic (exact) mass is 335 g/mol. The van der Waals surface area contributed by atoms with Gasteiger partial charge in [-0.05, 0) is 37.9 Å². The van der Waals surface area contributed by atoms with Crippen molar-refractivity contribution in [2.75, 3.05) is 5.32 Å². The SMILES string of the molecule is Brc1cc(CNc2cn[nH]c2)sc1Br. The number of H-pyrrole nitrogens is 1. The molecule has 0 unspecified atom stereocenters. The minimum Gasteiger partial charge on any atom is -0.378 e. The van der Waals surface area contributed by atoms with Gasteiger partial charge in [-0.3, -0.25) is 5.10 Å². The zero-order chi connectivity index (χ0) is 9.97. The van der Waals surface area contributed by atoms with Gasteiger partial charge in [0.05, 0.1) is 15.7 Å². The lowest BCUT2D eigenvalue weighted by Crippen LogP contribution is -1.95. The lowest BCUT2D eigenvalue weighted by atomic mass is 10.4. The first-order valence-electron chi connectivity index (χ1n) is 3.92. The molecule has 0 aromatic carbocycles. The van der Waals surface area contributed by atoms with E-state index in [0.717, 1.165) is 20.5 Å². The molecule has 0 fully saturated rings. The van der Waals surface area contributed by atoms with Gasteiger partial charge in [-0.15, -0.1) is 11.3 Å². The van der Waals surface area contributed by atoms with Crippen molar-refractivity contribution in [1.82, 2.24) is 10.2 Å². The van der Waals surface area contributed by atoms with Crippen LogP contribution in [0.15, 0.2) is 26.7 Å². The molecule has 14 heavy (non-hydrogen) atoms. The van der Waals surface area contributed by atoms with Gasteiger partial charge in [0.25, 0.3) is 0 Å². The van der Waals surface area contributed by atoms with Crippen LogP contribution in [0.25, 0.3) is 0 Å². The Hall–Kier alpha value is -0.330. The molecule has 0 amide bonds. The summed E-state index contributed by atoms with van der Waals surface area (Å²) in [6, 6.07) is 2.10. The first kappa shape index (κ1) is 10.2. The number of aromatic amines is 1. The second-order valence-electron chi connectivity index (χ2n) is 2.67. The van der Waals surface area contributed by atoms with Crippen molar-refractivity contribution in [3.05, 3.63) is 31.6 Å². The van der Waals surface area contributed by atoms with Gasteiger partial charge < -0.3 is 5.32 Å². The van der Waals surface area contributed by atoms with E-state index < -0.39 is 0 Å². The van der Waals surface area contributed by atoms with Crippen LogP contribution in [0, 0.1) is 0 Å². The lowest BCUT2D eigenvalue weighted by molar-refractivity contribution is 1.09. The number of hydrogen-bond donors (Lipinski definition) is 2. The summed E-state index contributed by atoms with van der Waals surface area (Å²) in [5.74, 6) is 0. The van der Waals surface area contributed by atoms with E-state index in [-0.39, 0.29) is 0 Å². The standard InChI is InChI=1S/C8H7Br2N3S/c9-7-1-6(14-8(7)10)4-11-5-2-12-13-3-5/h1-3,11H,4H2,(H,12,13). The molecule has 2 aromatic heterocycles. The molecule has 0 atom stereocenters. The number of halogens is 2. The number of anilines is 1. The van der Waals surface area contributed by atoms with Crippen LogP contribution in [0.3, 0.4) is 0 Å². The van der Waals surface area contributed by atoms with Crippen LogP contribution >= 0.6 is 43.2 Å². The highest BCUT2D eigenvalue weighted by Gasteiger charge is 2.03. The van der Waals surface area contributed by atoms with Crippen molar-refractivity contribution in [2.45, 2.75) is 6.54 Å². The van der Waals surface area contributed by atoms with Crippen molar-refractivity contribution >= 4 is 48.9 Å². The fourth-order valence-corrected chi connectivity index (χ4v) is 3.13. The molecule has 0 saturated carbocycles. The molecule has 0 radical (unpaired) electrons. The molecule has 3 nitrogen and oxygen atoms in total. The van der Waals surface area contributed by atoms with Gasteiger partial charge in [0, 0.05) is 22.1 Å². The van der Waals surface area contributed by atoms with E-state index in [1.54, 1.807) is 17.5 Å². The van der Waals surface area contributed by atoms with E-state index in [4.69, 9.17) is 0 Å². The van der Waals surface area contributed by atoms with E-state index in [1.165, 1.54) is 4.88 Å². The number of nitrogens with zero attached hydrogens (tertiary/aromatic N) is 1. The number of aromatic nitrogens is 2. The third-order valence-corrected chi connectivity index (χ3v) is 4.92. The molecule has 0 spiro atoms. The summed E-state index contributed by atoms with van der Waals surface area (Å²) in [4.78, 5) is 1.27. The maximum atomic E-state index is 3.85. The zero-order valence-electron chi connectivity index (χ0n) is 7.05. The summed E-state index contributed by atoms with van der Waals surface area (Å²) in [7, 11) is 0. The molecule has 0 aliphatic carbocycles. The number of nitrogens with one attached hydrogen (secondary N) is 2. The van der Waals surface area contributed by atoms with Crippen LogP contribution in [0.5, 0.6) is 0 Å². The second-order valence-corrected chi connectivity index (χ2v) is 5.98. The third-order valence-electron chi connectivity index (χ3n) is 1.66. The Kier molecular flexibility index (Phi) is 3.25. The highest BCUT2D eigenvalue weighted by atomic mass is 79.9.